The number of hydrogen-bond acceptors (Lipinski definition) is 6. The summed E-state index contributed by atoms with van der Waals surface area (Å²) in [6.07, 6.45) is 1.68. The maximum absolute atomic E-state index is 11.6. The van der Waals surface area contributed by atoms with Crippen molar-refractivity contribution in [1.82, 2.24) is 10.2 Å². The molecule has 1 aromatic rings. The van der Waals surface area contributed by atoms with E-state index in [2.05, 4.69) is 10.1 Å². The number of ether oxygens (including phenoxy) is 1. The fourth-order valence-corrected chi connectivity index (χ4v) is 3.85. The van der Waals surface area contributed by atoms with Crippen LogP contribution in [0, 0.1) is 15.5 Å². The average Bonchev–Trinajstić information content (AvgIpc) is 2.58. The molecule has 2 saturated heterocycles. The molecule has 0 radical (unpaired) electrons. The van der Waals surface area contributed by atoms with Crippen molar-refractivity contribution >= 4 is 17.6 Å². The Morgan fingerprint density at radius 3 is 2.72 bits per heavy atom. The summed E-state index contributed by atoms with van der Waals surface area (Å²) in [6, 6.07) is 4.28. The molecule has 8 heteroatoms. The van der Waals surface area contributed by atoms with Gasteiger partial charge in [0.1, 0.15) is 0 Å². The van der Waals surface area contributed by atoms with Gasteiger partial charge in [-0.3, -0.25) is 14.9 Å². The van der Waals surface area contributed by atoms with E-state index in [0.29, 0.717) is 18.7 Å². The van der Waals surface area contributed by atoms with Crippen LogP contribution in [0.1, 0.15) is 41.7 Å². The minimum Gasteiger partial charge on any atom is -0.465 e. The normalized spacial score (nSPS) is 21.5. The van der Waals surface area contributed by atoms with E-state index >= 15 is 0 Å². The van der Waals surface area contributed by atoms with Gasteiger partial charge in [-0.05, 0) is 31.5 Å². The molecular formula is C17H21N3O5. The van der Waals surface area contributed by atoms with Crippen LogP contribution in [-0.2, 0) is 9.53 Å². The minimum atomic E-state index is -0.598. The van der Waals surface area contributed by atoms with Crippen molar-refractivity contribution < 1.29 is 19.2 Å². The highest BCUT2D eigenvalue weighted by molar-refractivity contribution is 5.90. The Morgan fingerprint density at radius 1 is 1.40 bits per heavy atom. The number of piperidine rings is 1. The summed E-state index contributed by atoms with van der Waals surface area (Å²) in [5.41, 5.74) is 0.671. The Hall–Kier alpha value is -2.48. The zero-order valence-corrected chi connectivity index (χ0v) is 14.3. The van der Waals surface area contributed by atoms with Gasteiger partial charge in [0, 0.05) is 43.1 Å². The van der Waals surface area contributed by atoms with Crippen LogP contribution in [-0.4, -0.2) is 48.4 Å². The number of likely N-dealkylation sites (tertiary alicyclic amines) is 1. The zero-order valence-electron chi connectivity index (χ0n) is 14.3. The van der Waals surface area contributed by atoms with Gasteiger partial charge in [-0.1, -0.05) is 0 Å². The number of amides is 1. The molecule has 1 N–H and O–H groups in total. The quantitative estimate of drug-likeness (QED) is 0.507. The van der Waals surface area contributed by atoms with Gasteiger partial charge in [0.15, 0.2) is 0 Å². The standard InChI is InChI=1S/C17H21N3O5/c1-11(21)19-9-17(10-19)5-6-18-14(8-17)13-4-3-12(16(22)25-2)7-15(13)20(23)24/h3-4,7,14,18H,5-6,8-10H2,1-2H3. The number of carbonyl (C=O) groups excluding carboxylic acids is 2. The van der Waals surface area contributed by atoms with Crippen LogP contribution in [0.3, 0.4) is 0 Å². The lowest BCUT2D eigenvalue weighted by atomic mass is 9.69. The summed E-state index contributed by atoms with van der Waals surface area (Å²) in [5, 5.41) is 14.8. The summed E-state index contributed by atoms with van der Waals surface area (Å²) in [6.45, 7) is 3.71. The summed E-state index contributed by atoms with van der Waals surface area (Å²) in [5.74, 6) is -0.534. The van der Waals surface area contributed by atoms with Gasteiger partial charge < -0.3 is 15.0 Å². The van der Waals surface area contributed by atoms with Crippen molar-refractivity contribution in [3.63, 3.8) is 0 Å². The molecular weight excluding hydrogens is 326 g/mol. The molecule has 134 valence electrons. The van der Waals surface area contributed by atoms with Crippen molar-refractivity contribution in [2.24, 2.45) is 5.41 Å². The molecule has 1 atom stereocenters. The largest absolute Gasteiger partial charge is 0.465 e. The maximum Gasteiger partial charge on any atom is 0.338 e. The molecule has 1 aromatic carbocycles. The highest BCUT2D eigenvalue weighted by Gasteiger charge is 2.47. The van der Waals surface area contributed by atoms with E-state index in [0.717, 1.165) is 19.4 Å². The van der Waals surface area contributed by atoms with Crippen molar-refractivity contribution in [2.45, 2.75) is 25.8 Å². The second kappa shape index (κ2) is 6.44. The fraction of sp³-hybridized carbons (Fsp3) is 0.529. The van der Waals surface area contributed by atoms with E-state index in [9.17, 15) is 19.7 Å². The van der Waals surface area contributed by atoms with Crippen LogP contribution < -0.4 is 5.32 Å². The lowest BCUT2D eigenvalue weighted by molar-refractivity contribution is -0.385. The Kier molecular flexibility index (Phi) is 4.47. The van der Waals surface area contributed by atoms with E-state index in [4.69, 9.17) is 0 Å². The smallest absolute Gasteiger partial charge is 0.338 e. The number of rotatable bonds is 3. The third-order valence-corrected chi connectivity index (χ3v) is 5.20. The SMILES string of the molecule is COC(=O)c1ccc(C2CC3(CCN2)CN(C(C)=O)C3)c([N+](=O)[O-])c1. The summed E-state index contributed by atoms with van der Waals surface area (Å²) in [4.78, 5) is 35.9. The number of carbonyl (C=O) groups is 2. The molecule has 1 amide bonds. The average molecular weight is 347 g/mol. The van der Waals surface area contributed by atoms with Gasteiger partial charge in [0.2, 0.25) is 5.91 Å². The number of nitrogens with one attached hydrogen (secondary N) is 1. The number of methoxy groups -OCH3 is 1. The van der Waals surface area contributed by atoms with Gasteiger partial charge in [0.05, 0.1) is 17.6 Å². The molecule has 3 rings (SSSR count). The lowest BCUT2D eigenvalue weighted by Crippen LogP contribution is -2.61. The first-order valence-electron chi connectivity index (χ1n) is 8.21. The first-order valence-corrected chi connectivity index (χ1v) is 8.21. The van der Waals surface area contributed by atoms with Gasteiger partial charge >= 0.3 is 5.97 Å². The van der Waals surface area contributed by atoms with Crippen LogP contribution >= 0.6 is 0 Å². The monoisotopic (exact) mass is 347 g/mol. The van der Waals surface area contributed by atoms with Crippen molar-refractivity contribution in [3.8, 4) is 0 Å². The third kappa shape index (κ3) is 3.21. The summed E-state index contributed by atoms with van der Waals surface area (Å²) in [7, 11) is 1.24. The van der Waals surface area contributed by atoms with Crippen molar-refractivity contribution in [2.75, 3.05) is 26.7 Å². The minimum absolute atomic E-state index is 0.0243. The molecule has 0 bridgehead atoms. The molecule has 0 aliphatic carbocycles. The first-order chi connectivity index (χ1) is 11.8. The second-order valence-corrected chi connectivity index (χ2v) is 6.86. The van der Waals surface area contributed by atoms with E-state index in [-0.39, 0.29) is 28.6 Å². The summed E-state index contributed by atoms with van der Waals surface area (Å²) < 4.78 is 4.64. The number of benzene rings is 1. The predicted molar refractivity (Wildman–Crippen MR) is 89.1 cm³/mol. The van der Waals surface area contributed by atoms with E-state index in [1.54, 1.807) is 24.0 Å². The highest BCUT2D eigenvalue weighted by atomic mass is 16.6. The van der Waals surface area contributed by atoms with E-state index in [1.807, 2.05) is 0 Å². The molecule has 1 unspecified atom stereocenters. The van der Waals surface area contributed by atoms with Crippen LogP contribution in [0.2, 0.25) is 0 Å². The Morgan fingerprint density at radius 2 is 2.12 bits per heavy atom. The molecule has 8 nitrogen and oxygen atoms in total. The Balaban J connectivity index is 1.84. The Bertz CT molecular complexity index is 727. The second-order valence-electron chi connectivity index (χ2n) is 6.86. The number of nitro groups is 1. The molecule has 2 aliphatic heterocycles. The molecule has 25 heavy (non-hydrogen) atoms. The third-order valence-electron chi connectivity index (χ3n) is 5.20. The lowest BCUT2D eigenvalue weighted by Gasteiger charge is -2.54. The van der Waals surface area contributed by atoms with Crippen molar-refractivity contribution in [3.05, 3.63) is 39.4 Å². The van der Waals surface area contributed by atoms with Crippen molar-refractivity contribution in [1.29, 1.82) is 0 Å². The van der Waals surface area contributed by atoms with Crippen LogP contribution in [0.25, 0.3) is 0 Å². The molecule has 2 fully saturated rings. The molecule has 0 saturated carbocycles. The van der Waals surface area contributed by atoms with Gasteiger partial charge in [-0.15, -0.1) is 0 Å². The van der Waals surface area contributed by atoms with Gasteiger partial charge in [-0.2, -0.15) is 0 Å². The van der Waals surface area contributed by atoms with Crippen LogP contribution in [0.15, 0.2) is 18.2 Å². The Labute approximate surface area is 145 Å². The number of nitro benzene ring substituents is 1. The summed E-state index contributed by atoms with van der Waals surface area (Å²) >= 11 is 0. The fourth-order valence-electron chi connectivity index (χ4n) is 3.85. The van der Waals surface area contributed by atoms with E-state index < -0.39 is 10.9 Å². The molecule has 2 aliphatic rings. The molecule has 1 spiro atoms. The maximum atomic E-state index is 11.6. The molecule has 0 aromatic heterocycles. The molecule has 2 heterocycles. The number of esters is 1. The zero-order chi connectivity index (χ0) is 18.2. The number of hydrogen-bond donors (Lipinski definition) is 1. The van der Waals surface area contributed by atoms with Crippen LogP contribution in [0.5, 0.6) is 0 Å². The van der Waals surface area contributed by atoms with Crippen LogP contribution in [0.4, 0.5) is 5.69 Å². The number of nitrogens with zero attached hydrogens (tertiary/aromatic N) is 2. The van der Waals surface area contributed by atoms with E-state index in [1.165, 1.54) is 13.2 Å². The first kappa shape index (κ1) is 17.3. The highest BCUT2D eigenvalue weighted by Crippen LogP contribution is 2.45. The predicted octanol–water partition coefficient (Wildman–Crippen LogP) is 1.65. The van der Waals surface area contributed by atoms with Gasteiger partial charge in [0.25, 0.3) is 5.69 Å². The topological polar surface area (TPSA) is 102 Å². The van der Waals surface area contributed by atoms with Gasteiger partial charge in [-0.25, -0.2) is 4.79 Å².